The van der Waals surface area contributed by atoms with E-state index in [0.29, 0.717) is 6.54 Å². The van der Waals surface area contributed by atoms with Gasteiger partial charge >= 0.3 is 0 Å². The number of hydrogen-bond donors (Lipinski definition) is 1. The van der Waals surface area contributed by atoms with Crippen LogP contribution < -0.4 is 5.32 Å². The number of carbonyl (C=O) groups excluding carboxylic acids is 1. The Kier molecular flexibility index (Phi) is 2.76. The standard InChI is InChI=1S/C10H13NOS/c12-10(9-3-4-13-7-9)6-11-5-8-1-2-8/h3-4,7-8,11H,1-2,5-6H2. The summed E-state index contributed by atoms with van der Waals surface area (Å²) in [6.45, 7) is 1.50. The molecule has 1 fully saturated rings. The molecule has 2 rings (SSSR count). The first-order valence-electron chi connectivity index (χ1n) is 4.62. The lowest BCUT2D eigenvalue weighted by Gasteiger charge is -2.00. The van der Waals surface area contributed by atoms with Crippen LogP contribution in [0.2, 0.25) is 0 Å². The summed E-state index contributed by atoms with van der Waals surface area (Å²) in [6, 6.07) is 1.88. The number of thiophene rings is 1. The summed E-state index contributed by atoms with van der Waals surface area (Å²) >= 11 is 1.57. The van der Waals surface area contributed by atoms with Crippen molar-refractivity contribution >= 4 is 17.1 Å². The van der Waals surface area contributed by atoms with Gasteiger partial charge in [0.25, 0.3) is 0 Å². The molecule has 0 saturated heterocycles. The van der Waals surface area contributed by atoms with Crippen molar-refractivity contribution in [2.24, 2.45) is 5.92 Å². The monoisotopic (exact) mass is 195 g/mol. The maximum Gasteiger partial charge on any atom is 0.177 e. The topological polar surface area (TPSA) is 29.1 Å². The highest BCUT2D eigenvalue weighted by atomic mass is 32.1. The van der Waals surface area contributed by atoms with E-state index in [9.17, 15) is 4.79 Å². The molecule has 1 heterocycles. The van der Waals surface area contributed by atoms with Crippen molar-refractivity contribution in [3.8, 4) is 0 Å². The van der Waals surface area contributed by atoms with Gasteiger partial charge in [0, 0.05) is 10.9 Å². The smallest absolute Gasteiger partial charge is 0.177 e. The van der Waals surface area contributed by atoms with Gasteiger partial charge in [-0.15, -0.1) is 0 Å². The summed E-state index contributed by atoms with van der Waals surface area (Å²) in [5.74, 6) is 1.05. The minimum Gasteiger partial charge on any atom is -0.309 e. The van der Waals surface area contributed by atoms with Gasteiger partial charge in [0.05, 0.1) is 6.54 Å². The zero-order chi connectivity index (χ0) is 9.10. The molecule has 0 bridgehead atoms. The van der Waals surface area contributed by atoms with Crippen LogP contribution in [0.4, 0.5) is 0 Å². The zero-order valence-electron chi connectivity index (χ0n) is 7.45. The Bertz CT molecular complexity index is 277. The van der Waals surface area contributed by atoms with Gasteiger partial charge in [-0.3, -0.25) is 4.79 Å². The van der Waals surface area contributed by atoms with Crippen LogP contribution in [-0.2, 0) is 0 Å². The SMILES string of the molecule is O=C(CNCC1CC1)c1ccsc1. The van der Waals surface area contributed by atoms with Crippen LogP contribution >= 0.6 is 11.3 Å². The Balaban J connectivity index is 1.71. The van der Waals surface area contributed by atoms with E-state index in [2.05, 4.69) is 5.32 Å². The Morgan fingerprint density at radius 2 is 2.46 bits per heavy atom. The molecule has 1 aliphatic rings. The molecule has 13 heavy (non-hydrogen) atoms. The molecule has 1 aliphatic carbocycles. The van der Waals surface area contributed by atoms with Crippen LogP contribution in [0.1, 0.15) is 23.2 Å². The Morgan fingerprint density at radius 3 is 3.08 bits per heavy atom. The molecule has 2 nitrogen and oxygen atoms in total. The average Bonchev–Trinajstić information content (AvgIpc) is 2.80. The molecule has 0 aliphatic heterocycles. The first-order valence-corrected chi connectivity index (χ1v) is 5.56. The van der Waals surface area contributed by atoms with Crippen LogP contribution in [-0.4, -0.2) is 18.9 Å². The molecule has 1 N–H and O–H groups in total. The highest BCUT2D eigenvalue weighted by Gasteiger charge is 2.20. The normalized spacial score (nSPS) is 16.0. The highest BCUT2D eigenvalue weighted by molar-refractivity contribution is 7.08. The fourth-order valence-electron chi connectivity index (χ4n) is 1.24. The van der Waals surface area contributed by atoms with Crippen molar-refractivity contribution in [3.63, 3.8) is 0 Å². The van der Waals surface area contributed by atoms with E-state index >= 15 is 0 Å². The molecule has 1 aromatic rings. The summed E-state index contributed by atoms with van der Waals surface area (Å²) in [6.07, 6.45) is 2.67. The summed E-state index contributed by atoms with van der Waals surface area (Å²) in [5, 5.41) is 7.03. The molecule has 0 radical (unpaired) electrons. The van der Waals surface area contributed by atoms with E-state index < -0.39 is 0 Å². The molecule has 1 aromatic heterocycles. The van der Waals surface area contributed by atoms with E-state index in [1.807, 2.05) is 16.8 Å². The summed E-state index contributed by atoms with van der Waals surface area (Å²) < 4.78 is 0. The van der Waals surface area contributed by atoms with Crippen molar-refractivity contribution < 1.29 is 4.79 Å². The van der Waals surface area contributed by atoms with Crippen LogP contribution in [0.25, 0.3) is 0 Å². The number of nitrogens with one attached hydrogen (secondary N) is 1. The second-order valence-electron chi connectivity index (χ2n) is 3.51. The van der Waals surface area contributed by atoms with E-state index in [0.717, 1.165) is 18.0 Å². The molecule has 0 spiro atoms. The summed E-state index contributed by atoms with van der Waals surface area (Å²) in [5.41, 5.74) is 0.841. The lowest BCUT2D eigenvalue weighted by atomic mass is 10.2. The third kappa shape index (κ3) is 2.64. The van der Waals surface area contributed by atoms with Crippen LogP contribution in [0.5, 0.6) is 0 Å². The van der Waals surface area contributed by atoms with Crippen molar-refractivity contribution in [2.75, 3.05) is 13.1 Å². The predicted octanol–water partition coefficient (Wildman–Crippen LogP) is 1.93. The van der Waals surface area contributed by atoms with E-state index in [-0.39, 0.29) is 5.78 Å². The zero-order valence-corrected chi connectivity index (χ0v) is 8.27. The Morgan fingerprint density at radius 1 is 1.62 bits per heavy atom. The molecule has 3 heteroatoms. The highest BCUT2D eigenvalue weighted by Crippen LogP contribution is 2.27. The lowest BCUT2D eigenvalue weighted by Crippen LogP contribution is -2.24. The molecule has 1 saturated carbocycles. The van der Waals surface area contributed by atoms with Crippen LogP contribution in [0.3, 0.4) is 0 Å². The number of Topliss-reactive ketones (excluding diaryl/α,β-unsaturated/α-hetero) is 1. The maximum absolute atomic E-state index is 11.5. The average molecular weight is 195 g/mol. The van der Waals surface area contributed by atoms with Gasteiger partial charge in [-0.25, -0.2) is 0 Å². The van der Waals surface area contributed by atoms with Gasteiger partial charge in [0.1, 0.15) is 0 Å². The summed E-state index contributed by atoms with van der Waals surface area (Å²) in [4.78, 5) is 11.5. The summed E-state index contributed by atoms with van der Waals surface area (Å²) in [7, 11) is 0. The maximum atomic E-state index is 11.5. The largest absolute Gasteiger partial charge is 0.309 e. The fourth-order valence-corrected chi connectivity index (χ4v) is 1.90. The minimum absolute atomic E-state index is 0.210. The van der Waals surface area contributed by atoms with Crippen molar-refractivity contribution in [2.45, 2.75) is 12.8 Å². The van der Waals surface area contributed by atoms with E-state index in [4.69, 9.17) is 0 Å². The van der Waals surface area contributed by atoms with Crippen molar-refractivity contribution in [1.29, 1.82) is 0 Å². The minimum atomic E-state index is 0.210. The predicted molar refractivity (Wildman–Crippen MR) is 54.2 cm³/mol. The van der Waals surface area contributed by atoms with Gasteiger partial charge in [0.15, 0.2) is 5.78 Å². The third-order valence-electron chi connectivity index (χ3n) is 2.26. The van der Waals surface area contributed by atoms with E-state index in [1.54, 1.807) is 11.3 Å². The first-order chi connectivity index (χ1) is 6.36. The Labute approximate surface area is 82.0 Å². The molecular formula is C10H13NOS. The van der Waals surface area contributed by atoms with E-state index in [1.165, 1.54) is 12.8 Å². The van der Waals surface area contributed by atoms with Gasteiger partial charge < -0.3 is 5.32 Å². The molecule has 0 aromatic carbocycles. The number of hydrogen-bond acceptors (Lipinski definition) is 3. The second kappa shape index (κ2) is 4.03. The lowest BCUT2D eigenvalue weighted by molar-refractivity contribution is 0.0991. The van der Waals surface area contributed by atoms with Crippen molar-refractivity contribution in [3.05, 3.63) is 22.4 Å². The number of rotatable bonds is 5. The van der Waals surface area contributed by atoms with Gasteiger partial charge in [-0.1, -0.05) is 0 Å². The quantitative estimate of drug-likeness (QED) is 0.727. The number of ketones is 1. The van der Waals surface area contributed by atoms with Gasteiger partial charge in [-0.2, -0.15) is 11.3 Å². The fraction of sp³-hybridized carbons (Fsp3) is 0.500. The first kappa shape index (κ1) is 8.91. The van der Waals surface area contributed by atoms with Gasteiger partial charge in [-0.05, 0) is 36.8 Å². The number of carbonyl (C=O) groups is 1. The molecule has 0 amide bonds. The van der Waals surface area contributed by atoms with Crippen LogP contribution in [0, 0.1) is 5.92 Å². The molecule has 70 valence electrons. The molecule has 0 unspecified atom stereocenters. The van der Waals surface area contributed by atoms with Crippen LogP contribution in [0.15, 0.2) is 16.8 Å². The molecule has 0 atom stereocenters. The second-order valence-corrected chi connectivity index (χ2v) is 4.29. The van der Waals surface area contributed by atoms with Crippen molar-refractivity contribution in [1.82, 2.24) is 5.32 Å². The Hall–Kier alpha value is -0.670. The van der Waals surface area contributed by atoms with Gasteiger partial charge in [0.2, 0.25) is 0 Å². The third-order valence-corrected chi connectivity index (χ3v) is 2.94. The molecular weight excluding hydrogens is 182 g/mol.